The lowest BCUT2D eigenvalue weighted by molar-refractivity contribution is -0.0672. The highest BCUT2D eigenvalue weighted by Crippen LogP contribution is 2.30. The quantitative estimate of drug-likeness (QED) is 0.742. The third-order valence-electron chi connectivity index (χ3n) is 4.19. The second-order valence-corrected chi connectivity index (χ2v) is 8.76. The fourth-order valence-corrected chi connectivity index (χ4v) is 5.04. The molecule has 0 unspecified atom stereocenters. The minimum atomic E-state index is -3.69. The van der Waals surface area contributed by atoms with Gasteiger partial charge in [0, 0.05) is 25.6 Å². The first kappa shape index (κ1) is 17.8. The van der Waals surface area contributed by atoms with Crippen LogP contribution in [-0.4, -0.2) is 53.3 Å². The summed E-state index contributed by atoms with van der Waals surface area (Å²) in [5.74, 6) is 0.314. The molecule has 1 aliphatic carbocycles. The van der Waals surface area contributed by atoms with Crippen LogP contribution in [-0.2, 0) is 19.5 Å². The van der Waals surface area contributed by atoms with E-state index >= 15 is 0 Å². The molecule has 9 heteroatoms. The van der Waals surface area contributed by atoms with E-state index in [0.717, 1.165) is 11.3 Å². The number of thiophene rings is 1. The third kappa shape index (κ3) is 4.34. The SMILES string of the molecule is CNC(=O)c1cc(S(=O)(=O)N[C@@H]2CCOC[C@H]2OCC2CC2)cs1. The summed E-state index contributed by atoms with van der Waals surface area (Å²) in [5, 5.41) is 3.97. The molecule has 1 saturated heterocycles. The van der Waals surface area contributed by atoms with Crippen LogP contribution in [0.4, 0.5) is 0 Å². The first-order valence-corrected chi connectivity index (χ1v) is 10.4. The van der Waals surface area contributed by atoms with E-state index in [0.29, 0.717) is 37.0 Å². The van der Waals surface area contributed by atoms with E-state index in [4.69, 9.17) is 9.47 Å². The Labute approximate surface area is 145 Å². The molecule has 2 atom stereocenters. The summed E-state index contributed by atoms with van der Waals surface area (Å²) in [6.45, 7) is 1.56. The van der Waals surface area contributed by atoms with Crippen LogP contribution in [0.1, 0.15) is 28.9 Å². The fourth-order valence-electron chi connectivity index (χ4n) is 2.52. The van der Waals surface area contributed by atoms with Gasteiger partial charge in [0.2, 0.25) is 10.0 Å². The molecule has 1 aromatic heterocycles. The van der Waals surface area contributed by atoms with Gasteiger partial charge in [0.1, 0.15) is 0 Å². The molecule has 2 aliphatic rings. The van der Waals surface area contributed by atoms with Crippen LogP contribution in [0.2, 0.25) is 0 Å². The molecular weight excluding hydrogens is 352 g/mol. The second-order valence-electron chi connectivity index (χ2n) is 6.13. The number of sulfonamides is 1. The van der Waals surface area contributed by atoms with Gasteiger partial charge in [-0.25, -0.2) is 13.1 Å². The number of carbonyl (C=O) groups is 1. The number of carbonyl (C=O) groups excluding carboxylic acids is 1. The van der Waals surface area contributed by atoms with Crippen LogP contribution in [0.3, 0.4) is 0 Å². The molecule has 1 aliphatic heterocycles. The Morgan fingerprint density at radius 1 is 1.42 bits per heavy atom. The van der Waals surface area contributed by atoms with E-state index in [2.05, 4.69) is 10.0 Å². The average molecular weight is 374 g/mol. The zero-order chi connectivity index (χ0) is 17.2. The Hall–Kier alpha value is -1.00. The van der Waals surface area contributed by atoms with Gasteiger partial charge in [-0.2, -0.15) is 0 Å². The molecule has 1 saturated carbocycles. The molecule has 3 rings (SSSR count). The highest BCUT2D eigenvalue weighted by Gasteiger charge is 2.33. The molecule has 24 heavy (non-hydrogen) atoms. The maximum Gasteiger partial charge on any atom is 0.261 e. The zero-order valence-electron chi connectivity index (χ0n) is 13.5. The topological polar surface area (TPSA) is 93.7 Å². The van der Waals surface area contributed by atoms with Gasteiger partial charge in [-0.15, -0.1) is 11.3 Å². The Morgan fingerprint density at radius 3 is 2.92 bits per heavy atom. The van der Waals surface area contributed by atoms with Gasteiger partial charge in [0.15, 0.2) is 0 Å². The summed E-state index contributed by atoms with van der Waals surface area (Å²) in [4.78, 5) is 12.1. The predicted octanol–water partition coefficient (Wildman–Crippen LogP) is 0.970. The molecule has 2 heterocycles. The van der Waals surface area contributed by atoms with Gasteiger partial charge in [-0.05, 0) is 31.2 Å². The van der Waals surface area contributed by atoms with E-state index in [1.807, 2.05) is 0 Å². The Balaban J connectivity index is 1.66. The van der Waals surface area contributed by atoms with E-state index in [-0.39, 0.29) is 22.9 Å². The van der Waals surface area contributed by atoms with Crippen molar-refractivity contribution in [3.8, 4) is 0 Å². The zero-order valence-corrected chi connectivity index (χ0v) is 15.1. The molecule has 0 spiro atoms. The molecule has 1 aromatic rings. The van der Waals surface area contributed by atoms with E-state index < -0.39 is 10.0 Å². The maximum absolute atomic E-state index is 12.6. The van der Waals surface area contributed by atoms with Crippen LogP contribution in [0, 0.1) is 5.92 Å². The minimum absolute atomic E-state index is 0.110. The van der Waals surface area contributed by atoms with E-state index in [1.165, 1.54) is 31.3 Å². The number of hydrogen-bond donors (Lipinski definition) is 2. The smallest absolute Gasteiger partial charge is 0.261 e. The van der Waals surface area contributed by atoms with Crippen LogP contribution in [0.15, 0.2) is 16.3 Å². The van der Waals surface area contributed by atoms with Crippen molar-refractivity contribution in [2.45, 2.75) is 36.3 Å². The van der Waals surface area contributed by atoms with Crippen LogP contribution in [0.25, 0.3) is 0 Å². The number of nitrogens with one attached hydrogen (secondary N) is 2. The van der Waals surface area contributed by atoms with Gasteiger partial charge >= 0.3 is 0 Å². The molecule has 2 N–H and O–H groups in total. The molecule has 0 aromatic carbocycles. The fraction of sp³-hybridized carbons (Fsp3) is 0.667. The molecule has 134 valence electrons. The summed E-state index contributed by atoms with van der Waals surface area (Å²) >= 11 is 1.11. The monoisotopic (exact) mass is 374 g/mol. The van der Waals surface area contributed by atoms with Crippen molar-refractivity contribution in [1.29, 1.82) is 0 Å². The van der Waals surface area contributed by atoms with Gasteiger partial charge < -0.3 is 14.8 Å². The molecule has 0 radical (unpaired) electrons. The summed E-state index contributed by atoms with van der Waals surface area (Å²) < 4.78 is 39.2. The van der Waals surface area contributed by atoms with Crippen LogP contribution in [0.5, 0.6) is 0 Å². The Morgan fingerprint density at radius 2 is 2.21 bits per heavy atom. The molecule has 1 amide bonds. The number of ether oxygens (including phenoxy) is 2. The summed E-state index contributed by atoms with van der Waals surface area (Å²) in [7, 11) is -2.18. The van der Waals surface area contributed by atoms with Gasteiger partial charge in [0.25, 0.3) is 5.91 Å². The Bertz CT molecular complexity index is 684. The highest BCUT2D eigenvalue weighted by atomic mass is 32.2. The number of rotatable bonds is 7. The van der Waals surface area contributed by atoms with Gasteiger partial charge in [0.05, 0.1) is 28.5 Å². The van der Waals surface area contributed by atoms with Crippen molar-refractivity contribution in [2.75, 3.05) is 26.9 Å². The lowest BCUT2D eigenvalue weighted by atomic mass is 10.1. The first-order valence-electron chi connectivity index (χ1n) is 8.02. The standard InChI is InChI=1S/C15H22N2O5S2/c1-16-15(18)14-6-11(9-23-14)24(19,20)17-12-4-5-21-8-13(12)22-7-10-2-3-10/h6,9-10,12-13,17H,2-5,7-8H2,1H3,(H,16,18)/t12-,13-/m1/s1. The summed E-state index contributed by atoms with van der Waals surface area (Å²) in [6.07, 6.45) is 2.66. The van der Waals surface area contributed by atoms with Crippen molar-refractivity contribution >= 4 is 27.3 Å². The van der Waals surface area contributed by atoms with Crippen LogP contribution < -0.4 is 10.0 Å². The second kappa shape index (κ2) is 7.49. The lowest BCUT2D eigenvalue weighted by Gasteiger charge is -2.31. The highest BCUT2D eigenvalue weighted by molar-refractivity contribution is 7.89. The van der Waals surface area contributed by atoms with Crippen LogP contribution >= 0.6 is 11.3 Å². The van der Waals surface area contributed by atoms with Gasteiger partial charge in [-0.3, -0.25) is 4.79 Å². The number of amides is 1. The first-order chi connectivity index (χ1) is 11.5. The third-order valence-corrected chi connectivity index (χ3v) is 6.74. The molecule has 2 fully saturated rings. The van der Waals surface area contributed by atoms with E-state index in [9.17, 15) is 13.2 Å². The Kier molecular flexibility index (Phi) is 5.56. The van der Waals surface area contributed by atoms with Crippen molar-refractivity contribution in [1.82, 2.24) is 10.0 Å². The maximum atomic E-state index is 12.6. The van der Waals surface area contributed by atoms with Crippen molar-refractivity contribution in [2.24, 2.45) is 5.92 Å². The largest absolute Gasteiger partial charge is 0.379 e. The molecular formula is C15H22N2O5S2. The minimum Gasteiger partial charge on any atom is -0.379 e. The number of hydrogen-bond acceptors (Lipinski definition) is 6. The average Bonchev–Trinajstić information content (AvgIpc) is 3.25. The molecule has 0 bridgehead atoms. The van der Waals surface area contributed by atoms with Crippen molar-refractivity contribution in [3.05, 3.63) is 16.3 Å². The van der Waals surface area contributed by atoms with E-state index in [1.54, 1.807) is 0 Å². The van der Waals surface area contributed by atoms with Crippen molar-refractivity contribution in [3.63, 3.8) is 0 Å². The van der Waals surface area contributed by atoms with Gasteiger partial charge in [-0.1, -0.05) is 0 Å². The predicted molar refractivity (Wildman–Crippen MR) is 89.7 cm³/mol. The van der Waals surface area contributed by atoms with Crippen molar-refractivity contribution < 1.29 is 22.7 Å². The molecule has 7 nitrogen and oxygen atoms in total. The lowest BCUT2D eigenvalue weighted by Crippen LogP contribution is -2.50. The summed E-state index contributed by atoms with van der Waals surface area (Å²) in [6, 6.07) is 1.08. The summed E-state index contributed by atoms with van der Waals surface area (Å²) in [5.41, 5.74) is 0. The normalized spacial score (nSPS) is 24.7.